The van der Waals surface area contributed by atoms with Gasteiger partial charge in [0.15, 0.2) is 4.80 Å². The number of thiazole rings is 1. The Bertz CT molecular complexity index is 1420. The van der Waals surface area contributed by atoms with Crippen molar-refractivity contribution in [2.45, 2.75) is 46.8 Å². The number of phenolic OH excluding ortho intramolecular Hbond substituents is 1. The summed E-state index contributed by atoms with van der Waals surface area (Å²) in [5.41, 5.74) is 3.80. The maximum atomic E-state index is 13.6. The van der Waals surface area contributed by atoms with E-state index in [-0.39, 0.29) is 17.4 Å². The first-order valence-electron chi connectivity index (χ1n) is 10.8. The van der Waals surface area contributed by atoms with Crippen molar-refractivity contribution >= 4 is 23.4 Å². The molecule has 7 heteroatoms. The molecule has 1 atom stereocenters. The second kappa shape index (κ2) is 8.83. The zero-order valence-corrected chi connectivity index (χ0v) is 20.1. The summed E-state index contributed by atoms with van der Waals surface area (Å²) >= 11 is 1.28. The molecule has 2 aromatic carbocycles. The first-order valence-corrected chi connectivity index (χ1v) is 11.6. The zero-order valence-electron chi connectivity index (χ0n) is 19.2. The van der Waals surface area contributed by atoms with Gasteiger partial charge in [-0.1, -0.05) is 41.7 Å². The number of nitrogens with zero attached hydrogens (tertiary/aromatic N) is 2. The SMILES string of the molecule is CC1=C(C(=O)OC(C)C)C(c2ccccc2)n2c(sc(=Cc3cc(C)c(O)c(C)c3)c2=O)=N1. The molecule has 0 fully saturated rings. The van der Waals surface area contributed by atoms with E-state index in [1.54, 1.807) is 31.4 Å². The van der Waals surface area contributed by atoms with Crippen molar-refractivity contribution in [1.29, 1.82) is 0 Å². The Balaban J connectivity index is 1.94. The van der Waals surface area contributed by atoms with E-state index in [1.807, 2.05) is 56.3 Å². The molecule has 0 saturated carbocycles. The molecule has 0 spiro atoms. The lowest BCUT2D eigenvalue weighted by molar-refractivity contribution is -0.143. The summed E-state index contributed by atoms with van der Waals surface area (Å²) in [6.45, 7) is 9.01. The third-order valence-electron chi connectivity index (χ3n) is 5.51. The van der Waals surface area contributed by atoms with Crippen molar-refractivity contribution in [2.24, 2.45) is 4.99 Å². The fourth-order valence-corrected chi connectivity index (χ4v) is 5.08. The fourth-order valence-electron chi connectivity index (χ4n) is 4.04. The van der Waals surface area contributed by atoms with Crippen LogP contribution in [0.4, 0.5) is 0 Å². The van der Waals surface area contributed by atoms with Crippen molar-refractivity contribution in [3.63, 3.8) is 0 Å². The van der Waals surface area contributed by atoms with Crippen LogP contribution in [0.15, 0.2) is 63.5 Å². The summed E-state index contributed by atoms with van der Waals surface area (Å²) < 4.78 is 7.59. The van der Waals surface area contributed by atoms with E-state index in [4.69, 9.17) is 4.74 Å². The highest BCUT2D eigenvalue weighted by Gasteiger charge is 2.33. The smallest absolute Gasteiger partial charge is 0.338 e. The number of rotatable bonds is 4. The van der Waals surface area contributed by atoms with Gasteiger partial charge in [0.1, 0.15) is 5.75 Å². The predicted molar refractivity (Wildman–Crippen MR) is 129 cm³/mol. The molecule has 0 saturated heterocycles. The maximum Gasteiger partial charge on any atom is 0.338 e. The molecule has 0 aliphatic carbocycles. The lowest BCUT2D eigenvalue weighted by Gasteiger charge is -2.25. The molecule has 1 aliphatic rings. The molecule has 170 valence electrons. The number of benzene rings is 2. The third kappa shape index (κ3) is 4.28. The Morgan fingerprint density at radius 2 is 1.79 bits per heavy atom. The molecule has 4 rings (SSSR count). The number of carbonyl (C=O) groups excluding carboxylic acids is 1. The minimum Gasteiger partial charge on any atom is -0.507 e. The van der Waals surface area contributed by atoms with Gasteiger partial charge in [0.25, 0.3) is 5.56 Å². The van der Waals surface area contributed by atoms with Crippen LogP contribution in [0.1, 0.15) is 49.1 Å². The van der Waals surface area contributed by atoms with Crippen LogP contribution in [0, 0.1) is 13.8 Å². The van der Waals surface area contributed by atoms with Gasteiger partial charge >= 0.3 is 5.97 Å². The largest absolute Gasteiger partial charge is 0.507 e. The summed E-state index contributed by atoms with van der Waals surface area (Å²) in [4.78, 5) is 31.8. The van der Waals surface area contributed by atoms with Crippen LogP contribution in [-0.4, -0.2) is 21.7 Å². The molecule has 1 unspecified atom stereocenters. The number of hydrogen-bond acceptors (Lipinski definition) is 6. The fraction of sp³-hybridized carbons (Fsp3) is 0.269. The molecule has 6 nitrogen and oxygen atoms in total. The molecular formula is C26H26N2O4S. The predicted octanol–water partition coefficient (Wildman–Crippen LogP) is 3.51. The first kappa shape index (κ1) is 22.7. The van der Waals surface area contributed by atoms with Crippen LogP contribution in [0.5, 0.6) is 5.75 Å². The molecular weight excluding hydrogens is 436 g/mol. The molecule has 1 aliphatic heterocycles. The molecule has 1 aromatic heterocycles. The van der Waals surface area contributed by atoms with Crippen LogP contribution in [-0.2, 0) is 9.53 Å². The third-order valence-corrected chi connectivity index (χ3v) is 6.49. The maximum absolute atomic E-state index is 13.6. The summed E-state index contributed by atoms with van der Waals surface area (Å²) in [6.07, 6.45) is 1.51. The van der Waals surface area contributed by atoms with Crippen molar-refractivity contribution < 1.29 is 14.6 Å². The van der Waals surface area contributed by atoms with Gasteiger partial charge in [0.05, 0.1) is 27.9 Å². The number of phenols is 1. The second-order valence-corrected chi connectivity index (χ2v) is 9.46. The zero-order chi connectivity index (χ0) is 23.9. The van der Waals surface area contributed by atoms with Gasteiger partial charge in [0, 0.05) is 0 Å². The van der Waals surface area contributed by atoms with Crippen LogP contribution >= 0.6 is 11.3 Å². The Morgan fingerprint density at radius 1 is 1.15 bits per heavy atom. The average Bonchev–Trinajstić information content (AvgIpc) is 3.05. The second-order valence-electron chi connectivity index (χ2n) is 8.45. The monoisotopic (exact) mass is 462 g/mol. The average molecular weight is 463 g/mol. The molecule has 3 aromatic rings. The van der Waals surface area contributed by atoms with Crippen molar-refractivity contribution in [3.05, 3.63) is 95.7 Å². The van der Waals surface area contributed by atoms with Gasteiger partial charge in [0.2, 0.25) is 0 Å². The number of allylic oxidation sites excluding steroid dienone is 1. The Labute approximate surface area is 195 Å². The number of fused-ring (bicyclic) bond motifs is 1. The number of aryl methyl sites for hydroxylation is 2. The minimum absolute atomic E-state index is 0.224. The standard InChI is InChI=1S/C26H26N2O4S/c1-14(2)32-25(31)21-17(5)27-26-28(22(21)19-9-7-6-8-10-19)24(30)20(33-26)13-18-11-15(3)23(29)16(4)12-18/h6-14,22,29H,1-5H3. The minimum atomic E-state index is -0.626. The van der Waals surface area contributed by atoms with Crippen LogP contribution in [0.25, 0.3) is 6.08 Å². The van der Waals surface area contributed by atoms with Crippen LogP contribution in [0.3, 0.4) is 0 Å². The molecule has 33 heavy (non-hydrogen) atoms. The normalized spacial score (nSPS) is 16.1. The number of carbonyl (C=O) groups is 1. The quantitative estimate of drug-likeness (QED) is 0.602. The highest BCUT2D eigenvalue weighted by molar-refractivity contribution is 7.07. The van der Waals surface area contributed by atoms with Crippen LogP contribution in [0.2, 0.25) is 0 Å². The number of aromatic nitrogens is 1. The number of aromatic hydroxyl groups is 1. The van der Waals surface area contributed by atoms with Gasteiger partial charge < -0.3 is 9.84 Å². The van der Waals surface area contributed by atoms with E-state index < -0.39 is 12.0 Å². The molecule has 0 amide bonds. The van der Waals surface area contributed by atoms with E-state index in [1.165, 1.54) is 11.3 Å². The summed E-state index contributed by atoms with van der Waals surface area (Å²) in [5.74, 6) is -0.221. The summed E-state index contributed by atoms with van der Waals surface area (Å²) in [7, 11) is 0. The highest BCUT2D eigenvalue weighted by atomic mass is 32.1. The Kier molecular flexibility index (Phi) is 6.08. The first-order chi connectivity index (χ1) is 15.7. The van der Waals surface area contributed by atoms with E-state index in [0.29, 0.717) is 20.6 Å². The number of esters is 1. The lowest BCUT2D eigenvalue weighted by atomic mass is 9.96. The van der Waals surface area contributed by atoms with E-state index in [2.05, 4.69) is 4.99 Å². The van der Waals surface area contributed by atoms with Gasteiger partial charge in [-0.2, -0.15) is 0 Å². The molecule has 0 radical (unpaired) electrons. The number of ether oxygens (including phenoxy) is 1. The van der Waals surface area contributed by atoms with Gasteiger partial charge in [-0.15, -0.1) is 0 Å². The van der Waals surface area contributed by atoms with Gasteiger partial charge in [-0.3, -0.25) is 9.36 Å². The van der Waals surface area contributed by atoms with Crippen molar-refractivity contribution in [3.8, 4) is 5.75 Å². The summed E-state index contributed by atoms with van der Waals surface area (Å²) in [5, 5.41) is 10.1. The Hall–Kier alpha value is -3.45. The number of hydrogen-bond donors (Lipinski definition) is 1. The molecule has 2 heterocycles. The summed E-state index contributed by atoms with van der Waals surface area (Å²) in [6, 6.07) is 12.5. The Morgan fingerprint density at radius 3 is 2.39 bits per heavy atom. The van der Waals surface area contributed by atoms with Crippen molar-refractivity contribution in [1.82, 2.24) is 4.57 Å². The lowest BCUT2D eigenvalue weighted by Crippen LogP contribution is -2.40. The molecule has 0 bridgehead atoms. The van der Waals surface area contributed by atoms with Gasteiger partial charge in [-0.05, 0) is 75.1 Å². The van der Waals surface area contributed by atoms with E-state index in [0.717, 1.165) is 22.3 Å². The van der Waals surface area contributed by atoms with Crippen LogP contribution < -0.4 is 14.9 Å². The van der Waals surface area contributed by atoms with Gasteiger partial charge in [-0.25, -0.2) is 9.79 Å². The molecule has 1 N–H and O–H groups in total. The van der Waals surface area contributed by atoms with E-state index >= 15 is 0 Å². The van der Waals surface area contributed by atoms with E-state index in [9.17, 15) is 14.7 Å². The van der Waals surface area contributed by atoms with Crippen molar-refractivity contribution in [2.75, 3.05) is 0 Å². The highest BCUT2D eigenvalue weighted by Crippen LogP contribution is 2.31. The topological polar surface area (TPSA) is 80.9 Å².